The summed E-state index contributed by atoms with van der Waals surface area (Å²) in [6.45, 7) is 0. The molecule has 4 atom stereocenters. The first-order chi connectivity index (χ1) is 25.1. The van der Waals surface area contributed by atoms with Gasteiger partial charge in [-0.2, -0.15) is 13.2 Å². The first-order valence-corrected chi connectivity index (χ1v) is 17.0. The SMILES string of the molecule is COC(=O)CC[C@H](NC(=O)[C@H](Cc1ccccc1)NC(=O)[C@H](Cc1ccc(OC)cc1)NC(=O)[C@H](CSCC(=O)OC)NC(=O)C(F)(F)F)C(=O)OC. The van der Waals surface area contributed by atoms with E-state index in [0.29, 0.717) is 28.6 Å². The van der Waals surface area contributed by atoms with Gasteiger partial charge in [-0.1, -0.05) is 42.5 Å². The maximum absolute atomic E-state index is 14.0. The quantitative estimate of drug-likeness (QED) is 0.110. The Morgan fingerprint density at radius 1 is 0.642 bits per heavy atom. The molecule has 19 heteroatoms. The second-order valence-electron chi connectivity index (χ2n) is 11.2. The van der Waals surface area contributed by atoms with Crippen molar-refractivity contribution in [2.75, 3.05) is 39.9 Å². The Morgan fingerprint density at radius 3 is 1.64 bits per heavy atom. The van der Waals surface area contributed by atoms with Crippen molar-refractivity contribution in [1.29, 1.82) is 0 Å². The van der Waals surface area contributed by atoms with E-state index in [1.165, 1.54) is 7.11 Å². The van der Waals surface area contributed by atoms with Gasteiger partial charge in [0.1, 0.15) is 29.9 Å². The van der Waals surface area contributed by atoms with Crippen LogP contribution in [0, 0.1) is 0 Å². The molecule has 0 aliphatic heterocycles. The largest absolute Gasteiger partial charge is 0.497 e. The minimum absolute atomic E-state index is 0.124. The average Bonchev–Trinajstić information content (AvgIpc) is 3.14. The fraction of sp³-hybridized carbons (Fsp3) is 0.441. The lowest BCUT2D eigenvalue weighted by Crippen LogP contribution is -2.59. The molecule has 2 aromatic rings. The van der Waals surface area contributed by atoms with Crippen LogP contribution >= 0.6 is 11.8 Å². The predicted molar refractivity (Wildman–Crippen MR) is 183 cm³/mol. The van der Waals surface area contributed by atoms with E-state index in [4.69, 9.17) is 9.47 Å². The maximum atomic E-state index is 14.0. The van der Waals surface area contributed by atoms with E-state index in [9.17, 15) is 46.7 Å². The predicted octanol–water partition coefficient (Wildman–Crippen LogP) is 1.01. The van der Waals surface area contributed by atoms with E-state index < -0.39 is 77.6 Å². The third kappa shape index (κ3) is 15.4. The first-order valence-electron chi connectivity index (χ1n) is 15.9. The second-order valence-corrected chi connectivity index (χ2v) is 12.2. The molecule has 0 aromatic heterocycles. The molecule has 0 bridgehead atoms. The Labute approximate surface area is 307 Å². The van der Waals surface area contributed by atoms with Crippen LogP contribution in [0.2, 0.25) is 0 Å². The van der Waals surface area contributed by atoms with Gasteiger partial charge >= 0.3 is 30.0 Å². The highest BCUT2D eigenvalue weighted by molar-refractivity contribution is 8.00. The number of carbonyl (C=O) groups excluding carboxylic acids is 7. The number of methoxy groups -OCH3 is 4. The van der Waals surface area contributed by atoms with Gasteiger partial charge in [-0.25, -0.2) is 4.79 Å². The van der Waals surface area contributed by atoms with Crippen molar-refractivity contribution < 1.29 is 65.7 Å². The van der Waals surface area contributed by atoms with Crippen molar-refractivity contribution >= 4 is 53.3 Å². The number of halogens is 3. The summed E-state index contributed by atoms with van der Waals surface area (Å²) < 4.78 is 58.6. The topological polar surface area (TPSA) is 205 Å². The molecule has 290 valence electrons. The molecular formula is C34H41F3N4O11S. The fourth-order valence-electron chi connectivity index (χ4n) is 4.58. The van der Waals surface area contributed by atoms with Crippen LogP contribution in [0.3, 0.4) is 0 Å². The van der Waals surface area contributed by atoms with E-state index in [-0.39, 0.29) is 31.4 Å². The third-order valence-electron chi connectivity index (χ3n) is 7.43. The van der Waals surface area contributed by atoms with Gasteiger partial charge in [0.25, 0.3) is 0 Å². The van der Waals surface area contributed by atoms with Crippen molar-refractivity contribution in [2.24, 2.45) is 0 Å². The summed E-state index contributed by atoms with van der Waals surface area (Å²) in [6.07, 6.45) is -6.19. The van der Waals surface area contributed by atoms with Crippen LogP contribution in [0.1, 0.15) is 24.0 Å². The monoisotopic (exact) mass is 770 g/mol. The molecule has 0 unspecified atom stereocenters. The molecular weight excluding hydrogens is 729 g/mol. The second kappa shape index (κ2) is 21.9. The lowest BCUT2D eigenvalue weighted by Gasteiger charge is -2.26. The number of benzene rings is 2. The molecule has 2 aromatic carbocycles. The van der Waals surface area contributed by atoms with E-state index in [2.05, 4.69) is 25.4 Å². The van der Waals surface area contributed by atoms with E-state index in [1.807, 2.05) is 0 Å². The molecule has 4 N–H and O–H groups in total. The number of hydrogen-bond donors (Lipinski definition) is 4. The van der Waals surface area contributed by atoms with Crippen molar-refractivity contribution in [3.63, 3.8) is 0 Å². The normalized spacial score (nSPS) is 13.2. The molecule has 0 fully saturated rings. The van der Waals surface area contributed by atoms with Gasteiger partial charge in [0.2, 0.25) is 17.7 Å². The number of carbonyl (C=O) groups is 7. The Bertz CT molecular complexity index is 1560. The van der Waals surface area contributed by atoms with Crippen LogP contribution in [0.5, 0.6) is 5.75 Å². The summed E-state index contributed by atoms with van der Waals surface area (Å²) in [7, 11) is 4.74. The Kier molecular flexibility index (Phi) is 18.1. The van der Waals surface area contributed by atoms with Gasteiger partial charge in [0, 0.05) is 25.0 Å². The number of thioether (sulfide) groups is 1. The number of amides is 4. The molecule has 2 rings (SSSR count). The molecule has 0 heterocycles. The highest BCUT2D eigenvalue weighted by atomic mass is 32.2. The van der Waals surface area contributed by atoms with Gasteiger partial charge in [-0.15, -0.1) is 11.8 Å². The molecule has 15 nitrogen and oxygen atoms in total. The van der Waals surface area contributed by atoms with Crippen LogP contribution < -0.4 is 26.0 Å². The van der Waals surface area contributed by atoms with Gasteiger partial charge in [-0.3, -0.25) is 28.8 Å². The van der Waals surface area contributed by atoms with Gasteiger partial charge in [0.05, 0.1) is 34.2 Å². The van der Waals surface area contributed by atoms with Crippen molar-refractivity contribution in [2.45, 2.75) is 56.0 Å². The maximum Gasteiger partial charge on any atom is 0.471 e. The number of hydrogen-bond acceptors (Lipinski definition) is 12. The zero-order chi connectivity index (χ0) is 39.6. The molecule has 0 aliphatic rings. The molecule has 4 amide bonds. The Morgan fingerprint density at radius 2 is 1.15 bits per heavy atom. The van der Waals surface area contributed by atoms with Crippen LogP contribution in [0.4, 0.5) is 13.2 Å². The summed E-state index contributed by atoms with van der Waals surface area (Å²) in [6, 6.07) is 8.53. The number of nitrogens with one attached hydrogen (secondary N) is 4. The van der Waals surface area contributed by atoms with Gasteiger partial charge in [-0.05, 0) is 29.7 Å². The third-order valence-corrected chi connectivity index (χ3v) is 8.43. The summed E-state index contributed by atoms with van der Waals surface area (Å²) >= 11 is 0.700. The minimum Gasteiger partial charge on any atom is -0.497 e. The fourth-order valence-corrected chi connectivity index (χ4v) is 5.45. The molecule has 0 saturated heterocycles. The summed E-state index contributed by atoms with van der Waals surface area (Å²) in [5, 5.41) is 8.98. The molecule has 53 heavy (non-hydrogen) atoms. The number of alkyl halides is 3. The zero-order valence-corrected chi connectivity index (χ0v) is 30.1. The zero-order valence-electron chi connectivity index (χ0n) is 29.3. The number of rotatable bonds is 20. The number of ether oxygens (including phenoxy) is 4. The molecule has 0 spiro atoms. The van der Waals surface area contributed by atoms with E-state index in [0.717, 1.165) is 21.3 Å². The number of esters is 3. The lowest BCUT2D eigenvalue weighted by molar-refractivity contribution is -0.174. The summed E-state index contributed by atoms with van der Waals surface area (Å²) in [5.41, 5.74) is 1.03. The summed E-state index contributed by atoms with van der Waals surface area (Å²) in [4.78, 5) is 88.8. The minimum atomic E-state index is -5.36. The Balaban J connectivity index is 2.46. The van der Waals surface area contributed by atoms with E-state index in [1.54, 1.807) is 59.9 Å². The van der Waals surface area contributed by atoms with Gasteiger partial charge in [0.15, 0.2) is 0 Å². The summed E-state index contributed by atoms with van der Waals surface area (Å²) in [5.74, 6) is -8.16. The van der Waals surface area contributed by atoms with Crippen molar-refractivity contribution in [1.82, 2.24) is 21.3 Å². The van der Waals surface area contributed by atoms with Crippen molar-refractivity contribution in [3.8, 4) is 5.75 Å². The first kappa shape index (κ1) is 43.8. The van der Waals surface area contributed by atoms with Crippen molar-refractivity contribution in [3.05, 3.63) is 65.7 Å². The van der Waals surface area contributed by atoms with Gasteiger partial charge < -0.3 is 40.2 Å². The van der Waals surface area contributed by atoms with Crippen LogP contribution in [0.25, 0.3) is 0 Å². The van der Waals surface area contributed by atoms with Crippen LogP contribution in [-0.2, 0) is 60.6 Å². The van der Waals surface area contributed by atoms with Crippen LogP contribution in [0.15, 0.2) is 54.6 Å². The lowest BCUT2D eigenvalue weighted by atomic mass is 10.0. The molecule has 0 saturated carbocycles. The highest BCUT2D eigenvalue weighted by Crippen LogP contribution is 2.17. The smallest absolute Gasteiger partial charge is 0.471 e. The Hall–Kier alpha value is -5.33. The molecule has 0 aliphatic carbocycles. The standard InChI is InChI=1S/C34H41F3N4O11S/c1-49-22-12-10-21(11-13-22)17-25(40-31(46)26(18-53-19-28(43)51-3)41-33(48)34(35,36)37)30(45)39-24(16-20-8-6-5-7-9-20)29(44)38-23(32(47)52-4)14-15-27(42)50-2/h5-13,23-26H,14-19H2,1-4H3,(H,38,44)(H,39,45)(H,40,46)(H,41,48)/t23-,24-,25-,26-/m0/s1. The van der Waals surface area contributed by atoms with E-state index >= 15 is 0 Å². The highest BCUT2D eigenvalue weighted by Gasteiger charge is 2.41. The average molecular weight is 771 g/mol. The van der Waals surface area contributed by atoms with Crippen LogP contribution in [-0.4, -0.2) is 112 Å². The molecule has 0 radical (unpaired) electrons.